The van der Waals surface area contributed by atoms with Crippen LogP contribution < -0.4 is 10.1 Å². The van der Waals surface area contributed by atoms with Crippen LogP contribution in [0.1, 0.15) is 56.5 Å². The lowest BCUT2D eigenvalue weighted by Crippen LogP contribution is -2.23. The number of aliphatic imine (C=N–C) groups is 1. The van der Waals surface area contributed by atoms with Crippen molar-refractivity contribution in [3.63, 3.8) is 0 Å². The van der Waals surface area contributed by atoms with Crippen LogP contribution in [-0.2, 0) is 5.41 Å². The Morgan fingerprint density at radius 1 is 1.35 bits per heavy atom. The van der Waals surface area contributed by atoms with Crippen LogP contribution in [-0.4, -0.2) is 21.6 Å². The van der Waals surface area contributed by atoms with Gasteiger partial charge in [0.1, 0.15) is 27.6 Å². The molecule has 1 aromatic heterocycles. The molecule has 0 aliphatic heterocycles. The van der Waals surface area contributed by atoms with Crippen LogP contribution in [0.3, 0.4) is 0 Å². The van der Waals surface area contributed by atoms with Crippen molar-refractivity contribution in [2.45, 2.75) is 57.7 Å². The molecule has 31 heavy (non-hydrogen) atoms. The number of aromatic nitrogens is 1. The summed E-state index contributed by atoms with van der Waals surface area (Å²) < 4.78 is 9.83. The van der Waals surface area contributed by atoms with Crippen molar-refractivity contribution in [1.29, 1.82) is 5.26 Å². The van der Waals surface area contributed by atoms with Gasteiger partial charge in [0.15, 0.2) is 0 Å². The van der Waals surface area contributed by atoms with Gasteiger partial charge in [0.2, 0.25) is 5.06 Å². The summed E-state index contributed by atoms with van der Waals surface area (Å²) in [5.41, 5.74) is 3.33. The number of hydrogen-bond donors (Lipinski definition) is 1. The molecule has 2 atom stereocenters. The second-order valence-corrected chi connectivity index (χ2v) is 10.5. The lowest BCUT2D eigenvalue weighted by atomic mass is 9.93. The average Bonchev–Trinajstić information content (AvgIpc) is 2.99. The Labute approximate surface area is 198 Å². The molecule has 2 unspecified atom stereocenters. The Hall–Kier alpha value is -1.81. The van der Waals surface area contributed by atoms with E-state index in [9.17, 15) is 5.26 Å². The molecular weight excluding hydrogens is 451 g/mol. The third-order valence-electron chi connectivity index (χ3n) is 6.29. The maximum atomic E-state index is 9.88. The minimum absolute atomic E-state index is 0.0128. The van der Waals surface area contributed by atoms with E-state index in [2.05, 4.69) is 29.6 Å². The standard InChI is InChI=1S/C23H28Cl2N4OS/c1-8-22(15(6)23(22,24)25)19-16(11-26)21(31-29-19)30-18-10-13(4)17(9-14(18)5)28-20(27-7)12(2)3/h9-10,12,15H,8H2,1-7H3,(H,27,28). The van der Waals surface area contributed by atoms with Gasteiger partial charge in [0.25, 0.3) is 0 Å². The van der Waals surface area contributed by atoms with E-state index in [4.69, 9.17) is 32.9 Å². The first-order valence-electron chi connectivity index (χ1n) is 10.4. The summed E-state index contributed by atoms with van der Waals surface area (Å²) in [5.74, 6) is 1.90. The number of ether oxygens (including phenoxy) is 1. The third kappa shape index (κ3) is 3.82. The second kappa shape index (κ2) is 8.61. The van der Waals surface area contributed by atoms with E-state index < -0.39 is 9.75 Å². The van der Waals surface area contributed by atoms with Crippen LogP contribution >= 0.6 is 34.7 Å². The Balaban J connectivity index is 1.97. The maximum Gasteiger partial charge on any atom is 0.218 e. The average molecular weight is 479 g/mol. The highest BCUT2D eigenvalue weighted by Gasteiger charge is 2.75. The van der Waals surface area contributed by atoms with Crippen molar-refractivity contribution in [2.24, 2.45) is 16.8 Å². The molecule has 1 heterocycles. The summed E-state index contributed by atoms with van der Waals surface area (Å²) in [6.07, 6.45) is 0.702. The number of nitrogens with zero attached hydrogens (tertiary/aromatic N) is 3. The maximum absolute atomic E-state index is 9.88. The fourth-order valence-corrected chi connectivity index (χ4v) is 5.99. The van der Waals surface area contributed by atoms with Crippen LogP contribution in [0, 0.1) is 37.0 Å². The fraction of sp³-hybridized carbons (Fsp3) is 0.522. The molecule has 3 rings (SSSR count). The molecule has 1 aliphatic carbocycles. The normalized spacial score (nSPS) is 22.4. The van der Waals surface area contributed by atoms with Gasteiger partial charge in [-0.05, 0) is 43.5 Å². The number of benzene rings is 1. The van der Waals surface area contributed by atoms with Gasteiger partial charge >= 0.3 is 0 Å². The Morgan fingerprint density at radius 2 is 2.00 bits per heavy atom. The van der Waals surface area contributed by atoms with Gasteiger partial charge in [0.05, 0.1) is 16.8 Å². The number of rotatable bonds is 6. The van der Waals surface area contributed by atoms with Crippen LogP contribution in [0.15, 0.2) is 17.1 Å². The van der Waals surface area contributed by atoms with Crippen molar-refractivity contribution in [3.8, 4) is 16.9 Å². The van der Waals surface area contributed by atoms with Gasteiger partial charge in [-0.3, -0.25) is 0 Å². The lowest BCUT2D eigenvalue weighted by Gasteiger charge is -2.15. The van der Waals surface area contributed by atoms with Gasteiger partial charge in [-0.1, -0.05) is 27.7 Å². The quantitative estimate of drug-likeness (QED) is 0.281. The zero-order chi connectivity index (χ0) is 23.1. The zero-order valence-corrected chi connectivity index (χ0v) is 21.3. The topological polar surface area (TPSA) is 70.3 Å². The number of nitrogens with one attached hydrogen (secondary N) is 1. The predicted molar refractivity (Wildman–Crippen MR) is 129 cm³/mol. The predicted octanol–water partition coefficient (Wildman–Crippen LogP) is 6.80. The summed E-state index contributed by atoms with van der Waals surface area (Å²) in [5, 5.41) is 13.5. The van der Waals surface area contributed by atoms with Gasteiger partial charge < -0.3 is 10.1 Å². The Morgan fingerprint density at radius 3 is 2.48 bits per heavy atom. The van der Waals surface area contributed by atoms with E-state index >= 15 is 0 Å². The van der Waals surface area contributed by atoms with Crippen LogP contribution in [0.2, 0.25) is 0 Å². The smallest absolute Gasteiger partial charge is 0.218 e. The fourth-order valence-electron chi connectivity index (χ4n) is 4.17. The number of aryl methyl sites for hydroxylation is 2. The summed E-state index contributed by atoms with van der Waals surface area (Å²) in [4.78, 5) is 4.76. The van der Waals surface area contributed by atoms with E-state index in [1.807, 2.05) is 46.9 Å². The summed E-state index contributed by atoms with van der Waals surface area (Å²) >= 11 is 14.3. The van der Waals surface area contributed by atoms with Gasteiger partial charge in [-0.15, -0.1) is 23.2 Å². The van der Waals surface area contributed by atoms with Crippen molar-refractivity contribution in [2.75, 3.05) is 7.05 Å². The van der Waals surface area contributed by atoms with Crippen molar-refractivity contribution < 1.29 is 4.74 Å². The summed E-state index contributed by atoms with van der Waals surface area (Å²) in [6.45, 7) is 12.2. The molecule has 166 valence electrons. The number of hydrogen-bond acceptors (Lipinski definition) is 5. The largest absolute Gasteiger partial charge is 0.443 e. The number of halogens is 2. The first-order valence-corrected chi connectivity index (χ1v) is 11.9. The van der Waals surface area contributed by atoms with Gasteiger partial charge in [-0.25, -0.2) is 4.99 Å². The van der Waals surface area contributed by atoms with Crippen molar-refractivity contribution in [3.05, 3.63) is 34.5 Å². The zero-order valence-electron chi connectivity index (χ0n) is 18.9. The number of nitriles is 1. The Kier molecular flexibility index (Phi) is 6.63. The van der Waals surface area contributed by atoms with Crippen LogP contribution in [0.25, 0.3) is 0 Å². The van der Waals surface area contributed by atoms with E-state index in [0.717, 1.165) is 22.6 Å². The van der Waals surface area contributed by atoms with E-state index in [1.54, 1.807) is 0 Å². The molecule has 0 amide bonds. The molecule has 0 bridgehead atoms. The van der Waals surface area contributed by atoms with Crippen molar-refractivity contribution in [1.82, 2.24) is 9.69 Å². The molecule has 1 N–H and O–H groups in total. The minimum atomic E-state index is -0.924. The summed E-state index contributed by atoms with van der Waals surface area (Å²) in [7, 11) is 1.88. The van der Waals surface area contributed by atoms with Crippen LogP contribution in [0.5, 0.6) is 10.8 Å². The first-order chi connectivity index (χ1) is 14.5. The molecule has 8 heteroatoms. The van der Waals surface area contributed by atoms with Crippen LogP contribution in [0.4, 0.5) is 5.69 Å². The monoisotopic (exact) mass is 478 g/mol. The number of alkyl halides is 2. The van der Waals surface area contributed by atoms with Crippen molar-refractivity contribution >= 4 is 46.3 Å². The summed E-state index contributed by atoms with van der Waals surface area (Å²) in [6, 6.07) is 6.22. The Bertz CT molecular complexity index is 1070. The molecule has 0 radical (unpaired) electrons. The molecule has 0 spiro atoms. The van der Waals surface area contributed by atoms with E-state index in [1.165, 1.54) is 11.5 Å². The molecule has 1 fully saturated rings. The SMILES string of the molecule is CCC1(c2nsc(Oc3cc(C)c(N=C(NC)C(C)C)cc3C)c2C#N)C(C)C1(Cl)Cl. The second-order valence-electron chi connectivity index (χ2n) is 8.38. The molecule has 1 saturated carbocycles. The first kappa shape index (κ1) is 23.8. The van der Waals surface area contributed by atoms with E-state index in [0.29, 0.717) is 34.4 Å². The molecule has 5 nitrogen and oxygen atoms in total. The molecule has 0 saturated heterocycles. The molecule has 1 aliphatic rings. The highest BCUT2D eigenvalue weighted by atomic mass is 35.5. The third-order valence-corrected chi connectivity index (χ3v) is 8.34. The van der Waals surface area contributed by atoms with E-state index in [-0.39, 0.29) is 5.92 Å². The van der Waals surface area contributed by atoms with Gasteiger partial charge in [0, 0.05) is 30.4 Å². The molecule has 1 aromatic carbocycles. The molecular formula is C23H28Cl2N4OS. The van der Waals surface area contributed by atoms with Gasteiger partial charge in [-0.2, -0.15) is 9.64 Å². The lowest BCUT2D eigenvalue weighted by molar-refractivity contribution is 0.488. The highest BCUT2D eigenvalue weighted by Crippen LogP contribution is 2.71. The highest BCUT2D eigenvalue weighted by molar-refractivity contribution is 7.08. The number of amidine groups is 1. The minimum Gasteiger partial charge on any atom is -0.443 e. The molecule has 2 aromatic rings.